The van der Waals surface area contributed by atoms with E-state index in [4.69, 9.17) is 14.3 Å². The van der Waals surface area contributed by atoms with E-state index in [1.807, 2.05) is 92.7 Å². The zero-order chi connectivity index (χ0) is 38.8. The summed E-state index contributed by atoms with van der Waals surface area (Å²) in [5.74, 6) is -1.48. The van der Waals surface area contributed by atoms with Gasteiger partial charge in [0.2, 0.25) is 0 Å². The number of ether oxygens (including phenoxy) is 2. The van der Waals surface area contributed by atoms with Crippen LogP contribution in [0.25, 0.3) is 22.3 Å². The number of rotatable bonds is 16. The molecule has 0 heterocycles. The van der Waals surface area contributed by atoms with Crippen molar-refractivity contribution in [3.8, 4) is 33.8 Å². The van der Waals surface area contributed by atoms with Crippen LogP contribution in [-0.2, 0) is 11.4 Å². The van der Waals surface area contributed by atoms with E-state index in [9.17, 15) is 24.6 Å². The molecule has 278 valence electrons. The first-order valence-corrected chi connectivity index (χ1v) is 17.5. The van der Waals surface area contributed by atoms with E-state index in [1.54, 1.807) is 54.6 Å². The van der Waals surface area contributed by atoms with Gasteiger partial charge < -0.3 is 25.0 Å². The Kier molecular flexibility index (Phi) is 11.9. The van der Waals surface area contributed by atoms with E-state index >= 15 is 0 Å². The monoisotopic (exact) mass is 736 g/mol. The zero-order valence-electron chi connectivity index (χ0n) is 30.3. The third kappa shape index (κ3) is 10.2. The maximum absolute atomic E-state index is 13.1. The Hall–Kier alpha value is -6.91. The molecule has 10 heteroatoms. The quantitative estimate of drug-likeness (QED) is 0.0714. The smallest absolute Gasteiger partial charge is 0.336 e. The first-order chi connectivity index (χ1) is 26.5. The van der Waals surface area contributed by atoms with Crippen LogP contribution in [-0.4, -0.2) is 41.3 Å². The van der Waals surface area contributed by atoms with Crippen LogP contribution in [0.4, 0.5) is 11.4 Å². The largest absolute Gasteiger partial charge is 0.493 e. The average molecular weight is 737 g/mol. The lowest BCUT2D eigenvalue weighted by atomic mass is 9.96. The summed E-state index contributed by atoms with van der Waals surface area (Å²) in [6.45, 7) is 4.82. The SMILES string of the molecule is CC(C)(COc1ccc(NOCc2ccc(-c3ccccc3)cc2C(=O)O)cc1)COc1ccc(NC(=O)c2ccc(-c3ccccc3)cc2C(=O)O)cc1. The number of anilines is 2. The second-order valence-corrected chi connectivity index (χ2v) is 13.6. The second kappa shape index (κ2) is 17.3. The Morgan fingerprint density at radius 1 is 0.545 bits per heavy atom. The minimum Gasteiger partial charge on any atom is -0.493 e. The molecule has 6 rings (SSSR count). The van der Waals surface area contributed by atoms with Gasteiger partial charge >= 0.3 is 11.9 Å². The van der Waals surface area contributed by atoms with Gasteiger partial charge in [-0.05, 0) is 94.5 Å². The molecule has 0 radical (unpaired) electrons. The summed E-state index contributed by atoms with van der Waals surface area (Å²) in [4.78, 5) is 42.7. The lowest BCUT2D eigenvalue weighted by molar-refractivity contribution is 0.0682. The van der Waals surface area contributed by atoms with Crippen LogP contribution in [0, 0.1) is 5.41 Å². The van der Waals surface area contributed by atoms with Gasteiger partial charge in [0.1, 0.15) is 18.1 Å². The molecular weight excluding hydrogens is 697 g/mol. The van der Waals surface area contributed by atoms with Crippen LogP contribution in [0.1, 0.15) is 50.5 Å². The Bertz CT molecular complexity index is 2260. The lowest BCUT2D eigenvalue weighted by Gasteiger charge is -2.25. The molecule has 0 aliphatic rings. The van der Waals surface area contributed by atoms with Crippen LogP contribution in [0.5, 0.6) is 11.5 Å². The van der Waals surface area contributed by atoms with Gasteiger partial charge in [0.05, 0.1) is 35.6 Å². The van der Waals surface area contributed by atoms with Crippen LogP contribution in [0.3, 0.4) is 0 Å². The summed E-state index contributed by atoms with van der Waals surface area (Å²) in [5.41, 5.74) is 7.70. The Balaban J connectivity index is 0.955. The highest BCUT2D eigenvalue weighted by molar-refractivity contribution is 6.11. The molecular formula is C45H40N2O8. The van der Waals surface area contributed by atoms with Crippen molar-refractivity contribution in [3.05, 3.63) is 168 Å². The molecule has 6 aromatic rings. The van der Waals surface area contributed by atoms with Crippen molar-refractivity contribution < 1.29 is 38.9 Å². The summed E-state index contributed by atoms with van der Waals surface area (Å²) in [7, 11) is 0. The molecule has 0 aliphatic carbocycles. The molecule has 0 saturated carbocycles. The fraction of sp³-hybridized carbons (Fsp3) is 0.133. The number of aromatic carboxylic acids is 2. The summed E-state index contributed by atoms with van der Waals surface area (Å²) in [6.07, 6.45) is 0. The number of nitrogens with one attached hydrogen (secondary N) is 2. The Labute approximate surface area is 318 Å². The van der Waals surface area contributed by atoms with Crippen molar-refractivity contribution in [3.63, 3.8) is 0 Å². The van der Waals surface area contributed by atoms with Crippen LogP contribution >= 0.6 is 0 Å². The van der Waals surface area contributed by atoms with Gasteiger partial charge in [0, 0.05) is 11.1 Å². The summed E-state index contributed by atoms with van der Waals surface area (Å²) >= 11 is 0. The molecule has 0 aliphatic heterocycles. The number of carbonyl (C=O) groups excluding carboxylic acids is 1. The topological polar surface area (TPSA) is 143 Å². The van der Waals surface area contributed by atoms with E-state index in [1.165, 1.54) is 12.1 Å². The van der Waals surface area contributed by atoms with Crippen molar-refractivity contribution in [1.29, 1.82) is 0 Å². The molecule has 0 bridgehead atoms. The van der Waals surface area contributed by atoms with E-state index in [0.717, 1.165) is 16.7 Å². The predicted octanol–water partition coefficient (Wildman–Crippen LogP) is 9.70. The number of carboxylic acid groups (broad SMARTS) is 2. The summed E-state index contributed by atoms with van der Waals surface area (Å²) in [6, 6.07) is 43.1. The number of benzene rings is 6. The molecule has 0 unspecified atom stereocenters. The first-order valence-electron chi connectivity index (χ1n) is 17.5. The minimum absolute atomic E-state index is 0.0537. The predicted molar refractivity (Wildman–Crippen MR) is 212 cm³/mol. The van der Waals surface area contributed by atoms with Crippen LogP contribution < -0.4 is 20.3 Å². The van der Waals surface area contributed by atoms with Gasteiger partial charge in [-0.3, -0.25) is 15.1 Å². The highest BCUT2D eigenvalue weighted by atomic mass is 16.6. The Morgan fingerprint density at radius 2 is 1.04 bits per heavy atom. The average Bonchev–Trinajstić information content (AvgIpc) is 3.20. The number of amides is 1. The molecule has 0 atom stereocenters. The molecule has 6 aromatic carbocycles. The third-order valence-electron chi connectivity index (χ3n) is 8.69. The van der Waals surface area contributed by atoms with E-state index in [-0.39, 0.29) is 28.7 Å². The van der Waals surface area contributed by atoms with Crippen molar-refractivity contribution in [2.24, 2.45) is 5.41 Å². The Morgan fingerprint density at radius 3 is 1.56 bits per heavy atom. The van der Waals surface area contributed by atoms with Crippen molar-refractivity contribution in [2.75, 3.05) is 24.0 Å². The van der Waals surface area contributed by atoms with Gasteiger partial charge in [-0.2, -0.15) is 0 Å². The molecule has 1 amide bonds. The number of carbonyl (C=O) groups is 3. The van der Waals surface area contributed by atoms with Crippen molar-refractivity contribution >= 4 is 29.2 Å². The highest BCUT2D eigenvalue weighted by Crippen LogP contribution is 2.27. The molecule has 0 aromatic heterocycles. The maximum atomic E-state index is 13.1. The normalized spacial score (nSPS) is 11.0. The van der Waals surface area contributed by atoms with E-state index in [2.05, 4.69) is 10.8 Å². The third-order valence-corrected chi connectivity index (χ3v) is 8.69. The number of carboxylic acids is 2. The molecule has 4 N–H and O–H groups in total. The fourth-order valence-electron chi connectivity index (χ4n) is 5.69. The van der Waals surface area contributed by atoms with Gasteiger partial charge in [-0.25, -0.2) is 9.59 Å². The van der Waals surface area contributed by atoms with Crippen LogP contribution in [0.2, 0.25) is 0 Å². The summed E-state index contributed by atoms with van der Waals surface area (Å²) in [5, 5.41) is 22.4. The van der Waals surface area contributed by atoms with Crippen molar-refractivity contribution in [1.82, 2.24) is 0 Å². The molecule has 55 heavy (non-hydrogen) atoms. The molecule has 0 saturated heterocycles. The van der Waals surface area contributed by atoms with Crippen molar-refractivity contribution in [2.45, 2.75) is 20.5 Å². The zero-order valence-corrected chi connectivity index (χ0v) is 30.3. The van der Waals surface area contributed by atoms with Gasteiger partial charge in [0.25, 0.3) is 5.91 Å². The molecule has 0 spiro atoms. The lowest BCUT2D eigenvalue weighted by Crippen LogP contribution is -2.28. The highest BCUT2D eigenvalue weighted by Gasteiger charge is 2.21. The summed E-state index contributed by atoms with van der Waals surface area (Å²) < 4.78 is 12.1. The van der Waals surface area contributed by atoms with Gasteiger partial charge in [-0.1, -0.05) is 92.7 Å². The van der Waals surface area contributed by atoms with Crippen LogP contribution in [0.15, 0.2) is 146 Å². The number of hydrogen-bond acceptors (Lipinski definition) is 7. The van der Waals surface area contributed by atoms with E-state index in [0.29, 0.717) is 47.2 Å². The van der Waals surface area contributed by atoms with E-state index < -0.39 is 17.8 Å². The number of hydrogen-bond donors (Lipinski definition) is 4. The standard InChI is InChI=1S/C45H40N2O8/c1-45(2,28-53-37-20-16-35(17-21-37)46-42(48)39-24-15-33(26-41(39)44(51)52)31-11-7-4-8-12-31)29-54-38-22-18-36(19-23-38)47-55-27-34-14-13-32(25-40(34)43(49)50)30-9-5-3-6-10-30/h3-26,47H,27-29H2,1-2H3,(H,46,48)(H,49,50)(H,51,52). The molecule has 10 nitrogen and oxygen atoms in total. The van der Waals surface area contributed by atoms with Gasteiger partial charge in [0.15, 0.2) is 0 Å². The maximum Gasteiger partial charge on any atom is 0.336 e. The molecule has 0 fully saturated rings. The minimum atomic E-state index is -1.19. The second-order valence-electron chi connectivity index (χ2n) is 13.6. The van der Waals surface area contributed by atoms with Gasteiger partial charge in [-0.15, -0.1) is 0 Å². The first kappa shape index (κ1) is 37.8. The fourth-order valence-corrected chi connectivity index (χ4v) is 5.69.